The fourth-order valence-corrected chi connectivity index (χ4v) is 3.93. The molecule has 1 aliphatic heterocycles. The van der Waals surface area contributed by atoms with Gasteiger partial charge >= 0.3 is 0 Å². The summed E-state index contributed by atoms with van der Waals surface area (Å²) in [6, 6.07) is 9.05. The summed E-state index contributed by atoms with van der Waals surface area (Å²) >= 11 is 0. The number of nitrogens with zero attached hydrogens (tertiary/aromatic N) is 2. The summed E-state index contributed by atoms with van der Waals surface area (Å²) in [5.74, 6) is 1.90. The molecule has 0 aliphatic carbocycles. The lowest BCUT2D eigenvalue weighted by molar-refractivity contribution is 0.245. The monoisotopic (exact) mass is 388 g/mol. The van der Waals surface area contributed by atoms with E-state index < -0.39 is 0 Å². The summed E-state index contributed by atoms with van der Waals surface area (Å²) in [5, 5.41) is 16.3. The number of aliphatic hydroxyl groups is 1. The zero-order valence-electron chi connectivity index (χ0n) is 18.2. The van der Waals surface area contributed by atoms with E-state index in [2.05, 4.69) is 67.5 Å². The van der Waals surface area contributed by atoms with Crippen LogP contribution in [0.15, 0.2) is 29.3 Å². The first kappa shape index (κ1) is 22.5. The van der Waals surface area contributed by atoms with Crippen LogP contribution in [0, 0.1) is 11.8 Å². The summed E-state index contributed by atoms with van der Waals surface area (Å²) in [6.07, 6.45) is 4.49. The minimum Gasteiger partial charge on any atom is -0.396 e. The molecular formula is C23H40N4O. The van der Waals surface area contributed by atoms with E-state index in [-0.39, 0.29) is 12.6 Å². The van der Waals surface area contributed by atoms with Crippen molar-refractivity contribution in [1.29, 1.82) is 0 Å². The zero-order chi connectivity index (χ0) is 20.4. The molecule has 0 bridgehead atoms. The molecule has 0 aromatic heterocycles. The van der Waals surface area contributed by atoms with Crippen molar-refractivity contribution >= 4 is 11.6 Å². The normalized spacial score (nSPS) is 17.1. The van der Waals surface area contributed by atoms with E-state index in [4.69, 9.17) is 4.99 Å². The van der Waals surface area contributed by atoms with Crippen molar-refractivity contribution in [2.24, 2.45) is 16.8 Å². The van der Waals surface area contributed by atoms with Gasteiger partial charge in [0.25, 0.3) is 0 Å². The van der Waals surface area contributed by atoms with Crippen LogP contribution in [0.1, 0.15) is 65.0 Å². The predicted molar refractivity (Wildman–Crippen MR) is 120 cm³/mol. The number of aliphatic imine (C=N–C) groups is 1. The Labute approximate surface area is 171 Å². The Balaban J connectivity index is 2.02. The third-order valence-corrected chi connectivity index (χ3v) is 5.39. The topological polar surface area (TPSA) is 59.9 Å². The number of guanidine groups is 1. The Morgan fingerprint density at radius 2 is 1.96 bits per heavy atom. The van der Waals surface area contributed by atoms with Crippen LogP contribution in [-0.2, 0) is 0 Å². The van der Waals surface area contributed by atoms with Crippen LogP contribution in [0.5, 0.6) is 0 Å². The number of benzene rings is 1. The number of anilines is 1. The molecule has 1 saturated heterocycles. The highest BCUT2D eigenvalue weighted by Gasteiger charge is 2.15. The smallest absolute Gasteiger partial charge is 0.191 e. The molecule has 0 saturated carbocycles. The summed E-state index contributed by atoms with van der Waals surface area (Å²) in [6.45, 7) is 12.9. The van der Waals surface area contributed by atoms with Crippen molar-refractivity contribution in [2.75, 3.05) is 37.7 Å². The minimum absolute atomic E-state index is 0.182. The third-order valence-electron chi connectivity index (χ3n) is 5.39. The van der Waals surface area contributed by atoms with Crippen molar-refractivity contribution in [3.8, 4) is 0 Å². The van der Waals surface area contributed by atoms with Crippen LogP contribution in [-0.4, -0.2) is 43.9 Å². The fourth-order valence-electron chi connectivity index (χ4n) is 3.93. The lowest BCUT2D eigenvalue weighted by atomic mass is 9.94. The lowest BCUT2D eigenvalue weighted by Crippen LogP contribution is -2.39. The van der Waals surface area contributed by atoms with E-state index in [9.17, 15) is 5.11 Å². The molecule has 158 valence electrons. The van der Waals surface area contributed by atoms with Crippen molar-refractivity contribution in [2.45, 2.75) is 59.4 Å². The van der Waals surface area contributed by atoms with Gasteiger partial charge < -0.3 is 20.6 Å². The first-order chi connectivity index (χ1) is 13.5. The third kappa shape index (κ3) is 7.34. The van der Waals surface area contributed by atoms with Gasteiger partial charge in [0.15, 0.2) is 5.96 Å². The maximum atomic E-state index is 9.34. The highest BCUT2D eigenvalue weighted by molar-refractivity contribution is 5.80. The summed E-state index contributed by atoms with van der Waals surface area (Å²) < 4.78 is 0. The molecule has 2 unspecified atom stereocenters. The lowest BCUT2D eigenvalue weighted by Gasteiger charge is -2.22. The number of hydrogen-bond acceptors (Lipinski definition) is 3. The van der Waals surface area contributed by atoms with E-state index in [0.717, 1.165) is 45.0 Å². The molecular weight excluding hydrogens is 348 g/mol. The van der Waals surface area contributed by atoms with E-state index in [1.165, 1.54) is 24.1 Å². The van der Waals surface area contributed by atoms with Crippen LogP contribution >= 0.6 is 0 Å². The molecule has 5 heteroatoms. The van der Waals surface area contributed by atoms with Crippen molar-refractivity contribution < 1.29 is 5.11 Å². The first-order valence-corrected chi connectivity index (χ1v) is 11.0. The van der Waals surface area contributed by atoms with Gasteiger partial charge in [-0.2, -0.15) is 0 Å². The molecule has 1 aromatic carbocycles. The molecule has 0 amide bonds. The van der Waals surface area contributed by atoms with Crippen molar-refractivity contribution in [3.05, 3.63) is 29.8 Å². The second kappa shape index (κ2) is 11.9. The Morgan fingerprint density at radius 3 is 2.61 bits per heavy atom. The summed E-state index contributed by atoms with van der Waals surface area (Å²) in [5.41, 5.74) is 2.61. The van der Waals surface area contributed by atoms with Gasteiger partial charge in [-0.05, 0) is 69.1 Å². The van der Waals surface area contributed by atoms with Gasteiger partial charge in [-0.15, -0.1) is 0 Å². The van der Waals surface area contributed by atoms with E-state index in [1.807, 2.05) is 0 Å². The molecule has 2 rings (SSSR count). The van der Waals surface area contributed by atoms with E-state index >= 15 is 0 Å². The number of rotatable bonds is 10. The minimum atomic E-state index is 0.182. The SMILES string of the molecule is CCNC(=NCC(CCO)CC(C)C)NC(C)c1cccc(N2CCCC2)c1. The molecule has 0 radical (unpaired) electrons. The van der Waals surface area contributed by atoms with Gasteiger partial charge in [-0.25, -0.2) is 0 Å². The van der Waals surface area contributed by atoms with Gasteiger partial charge in [0.2, 0.25) is 0 Å². The molecule has 1 aromatic rings. The number of hydrogen-bond donors (Lipinski definition) is 3. The maximum Gasteiger partial charge on any atom is 0.191 e. The van der Waals surface area contributed by atoms with Gasteiger partial charge in [0.05, 0.1) is 6.04 Å². The Morgan fingerprint density at radius 1 is 1.21 bits per heavy atom. The molecule has 28 heavy (non-hydrogen) atoms. The van der Waals surface area contributed by atoms with Gasteiger partial charge in [-0.3, -0.25) is 4.99 Å². The Bertz CT molecular complexity index is 596. The van der Waals surface area contributed by atoms with Gasteiger partial charge in [0, 0.05) is 38.5 Å². The zero-order valence-corrected chi connectivity index (χ0v) is 18.2. The Hall–Kier alpha value is -1.75. The van der Waals surface area contributed by atoms with Crippen LogP contribution < -0.4 is 15.5 Å². The van der Waals surface area contributed by atoms with Crippen molar-refractivity contribution in [1.82, 2.24) is 10.6 Å². The maximum absolute atomic E-state index is 9.34. The summed E-state index contributed by atoms with van der Waals surface area (Å²) in [7, 11) is 0. The quantitative estimate of drug-likeness (QED) is 0.420. The Kier molecular flexibility index (Phi) is 9.62. The molecule has 5 nitrogen and oxygen atoms in total. The van der Waals surface area contributed by atoms with Crippen molar-refractivity contribution in [3.63, 3.8) is 0 Å². The average Bonchev–Trinajstić information content (AvgIpc) is 3.21. The van der Waals surface area contributed by atoms with Gasteiger partial charge in [-0.1, -0.05) is 26.0 Å². The van der Waals surface area contributed by atoms with E-state index in [0.29, 0.717) is 11.8 Å². The summed E-state index contributed by atoms with van der Waals surface area (Å²) in [4.78, 5) is 7.30. The molecule has 1 fully saturated rings. The molecule has 1 heterocycles. The van der Waals surface area contributed by atoms with E-state index in [1.54, 1.807) is 0 Å². The highest BCUT2D eigenvalue weighted by atomic mass is 16.3. The van der Waals surface area contributed by atoms with Crippen LogP contribution in [0.4, 0.5) is 5.69 Å². The standard InChI is InChI=1S/C23H40N4O/c1-5-24-23(25-17-20(11-14-28)15-18(2)3)26-19(4)21-9-8-10-22(16-21)27-12-6-7-13-27/h8-10,16,18-20,28H,5-7,11-15,17H2,1-4H3,(H2,24,25,26). The fraction of sp³-hybridized carbons (Fsp3) is 0.696. The first-order valence-electron chi connectivity index (χ1n) is 11.0. The predicted octanol–water partition coefficient (Wildman–Crippen LogP) is 3.95. The highest BCUT2D eigenvalue weighted by Crippen LogP contribution is 2.24. The largest absolute Gasteiger partial charge is 0.396 e. The molecule has 1 aliphatic rings. The second-order valence-corrected chi connectivity index (χ2v) is 8.38. The van der Waals surface area contributed by atoms with Gasteiger partial charge in [0.1, 0.15) is 0 Å². The average molecular weight is 389 g/mol. The number of nitrogens with one attached hydrogen (secondary N) is 2. The van der Waals surface area contributed by atoms with Crippen LogP contribution in [0.25, 0.3) is 0 Å². The molecule has 0 spiro atoms. The molecule has 2 atom stereocenters. The second-order valence-electron chi connectivity index (χ2n) is 8.38. The van der Waals surface area contributed by atoms with Crippen LogP contribution in [0.3, 0.4) is 0 Å². The molecule has 3 N–H and O–H groups in total. The number of aliphatic hydroxyl groups excluding tert-OH is 1. The van der Waals surface area contributed by atoms with Crippen LogP contribution in [0.2, 0.25) is 0 Å².